The van der Waals surface area contributed by atoms with Crippen LogP contribution in [0.1, 0.15) is 13.8 Å². The fraction of sp³-hybridized carbons (Fsp3) is 0.0588. The maximum Gasteiger partial charge on any atom is 0.0699 e. The molecule has 0 aliphatic carbocycles. The van der Waals surface area contributed by atoms with Gasteiger partial charge in [-0.15, -0.1) is 0 Å². The van der Waals surface area contributed by atoms with Crippen molar-refractivity contribution in [1.29, 1.82) is 0 Å². The first-order valence-electron chi connectivity index (χ1n) is 25.0. The molecule has 0 aromatic heterocycles. The molecule has 0 unspecified atom stereocenters. The number of para-hydroxylation sites is 6. The Morgan fingerprint density at radius 2 is 0.694 bits per heavy atom. The van der Waals surface area contributed by atoms with Gasteiger partial charge in [0.2, 0.25) is 0 Å². The number of allylic oxidation sites excluding steroid dienone is 3. The van der Waals surface area contributed by atoms with Crippen LogP contribution in [0.3, 0.4) is 0 Å². The first kappa shape index (κ1) is 41.8. The van der Waals surface area contributed by atoms with E-state index < -0.39 is 0 Å². The molecule has 0 amide bonds. The van der Waals surface area contributed by atoms with Crippen LogP contribution >= 0.6 is 0 Å². The molecule has 0 N–H and O–H groups in total. The van der Waals surface area contributed by atoms with Crippen LogP contribution in [0, 0.1) is 0 Å². The second-order valence-corrected chi connectivity index (χ2v) is 19.3. The van der Waals surface area contributed by atoms with Crippen molar-refractivity contribution in [3.8, 4) is 22.3 Å². The molecule has 2 heterocycles. The third kappa shape index (κ3) is 6.12. The van der Waals surface area contributed by atoms with Crippen molar-refractivity contribution in [3.05, 3.63) is 242 Å². The molecule has 2 aliphatic heterocycles. The summed E-state index contributed by atoms with van der Waals surface area (Å²) < 4.78 is 0. The monoisotopic (exact) mass is 922 g/mol. The highest BCUT2D eigenvalue weighted by Crippen LogP contribution is 2.55. The number of hydrogen-bond donors (Lipinski definition) is 0. The molecule has 4 nitrogen and oxygen atoms in total. The van der Waals surface area contributed by atoms with E-state index in [1.54, 1.807) is 0 Å². The van der Waals surface area contributed by atoms with Crippen LogP contribution in [0.5, 0.6) is 0 Å². The Morgan fingerprint density at radius 3 is 1.17 bits per heavy atom. The van der Waals surface area contributed by atoms with Crippen molar-refractivity contribution in [2.45, 2.75) is 13.8 Å². The number of nitrogens with zero attached hydrogens (tertiary/aromatic N) is 4. The summed E-state index contributed by atoms with van der Waals surface area (Å²) in [4.78, 5) is 9.57. The Hall–Kier alpha value is -9.12. The van der Waals surface area contributed by atoms with Crippen molar-refractivity contribution in [2.24, 2.45) is 0 Å². The van der Waals surface area contributed by atoms with Crippen LogP contribution < -0.4 is 19.6 Å². The lowest BCUT2D eigenvalue weighted by Gasteiger charge is -2.39. The molecular weight excluding hydrogens is 873 g/mol. The summed E-state index contributed by atoms with van der Waals surface area (Å²) in [5, 5.41) is 14.7. The van der Waals surface area contributed by atoms with Gasteiger partial charge in [0, 0.05) is 31.2 Å². The largest absolute Gasteiger partial charge is 0.341 e. The second-order valence-electron chi connectivity index (χ2n) is 19.3. The smallest absolute Gasteiger partial charge is 0.0699 e. The van der Waals surface area contributed by atoms with Crippen molar-refractivity contribution in [1.82, 2.24) is 0 Å². The number of anilines is 8. The Balaban J connectivity index is 1.17. The van der Waals surface area contributed by atoms with Crippen molar-refractivity contribution < 1.29 is 0 Å². The number of benzene rings is 12. The zero-order valence-electron chi connectivity index (χ0n) is 40.7. The SMILES string of the molecule is C/C=C\C1=C(C)N(c2ccc3c(-c4cc5ccccc5c5ccccc45)c4cc(N5c6ccccc6N(C)c6ccccc65)ccc4c(-c4cc5ccccc5c5ccccc45)c3c2)c2ccccc2N1C. The van der Waals surface area contributed by atoms with Gasteiger partial charge in [-0.25, -0.2) is 0 Å². The van der Waals surface area contributed by atoms with E-state index >= 15 is 0 Å². The topological polar surface area (TPSA) is 13.0 Å². The zero-order chi connectivity index (χ0) is 48.2. The third-order valence-electron chi connectivity index (χ3n) is 15.5. The standard InChI is InChI=1S/C68H50N4/c1-5-20-60-43(2)71(64-32-17-14-29-61(64)69(60)3)46-35-37-54-58(41-46)67(56-39-44-21-6-8-23-48(44)50-25-10-12-27-52(50)56)55-38-36-47(72-65-33-18-15-30-62(65)70(4)63-31-16-19-34-66(63)72)42-59(55)68(54)57-40-45-22-7-9-24-49(45)51-26-11-13-28-53(51)57/h5-42H,1-4H3/b20-5-. The first-order chi connectivity index (χ1) is 35.5. The van der Waals surface area contributed by atoms with Gasteiger partial charge in [0.05, 0.1) is 39.8 Å². The molecule has 0 spiro atoms. The van der Waals surface area contributed by atoms with Gasteiger partial charge in [-0.3, -0.25) is 0 Å². The minimum Gasteiger partial charge on any atom is -0.341 e. The number of fused-ring (bicyclic) bond motifs is 11. The summed E-state index contributed by atoms with van der Waals surface area (Å²) >= 11 is 0. The lowest BCUT2D eigenvalue weighted by atomic mass is 9.82. The molecule has 14 rings (SSSR count). The predicted molar refractivity (Wildman–Crippen MR) is 310 cm³/mol. The molecule has 72 heavy (non-hydrogen) atoms. The van der Waals surface area contributed by atoms with E-state index in [4.69, 9.17) is 0 Å². The summed E-state index contributed by atoms with van der Waals surface area (Å²) in [6.07, 6.45) is 4.38. The molecule has 0 saturated carbocycles. The van der Waals surface area contributed by atoms with Gasteiger partial charge in [-0.05, 0) is 180 Å². The molecular formula is C68H50N4. The third-order valence-corrected chi connectivity index (χ3v) is 15.5. The molecule has 0 atom stereocenters. The molecule has 0 fully saturated rings. The van der Waals surface area contributed by atoms with Crippen LogP contribution in [-0.2, 0) is 0 Å². The zero-order valence-corrected chi connectivity index (χ0v) is 40.7. The van der Waals surface area contributed by atoms with E-state index in [2.05, 4.69) is 278 Å². The van der Waals surface area contributed by atoms with Gasteiger partial charge >= 0.3 is 0 Å². The van der Waals surface area contributed by atoms with E-state index in [9.17, 15) is 0 Å². The summed E-state index contributed by atoms with van der Waals surface area (Å²) in [5.41, 5.74) is 16.4. The predicted octanol–water partition coefficient (Wildman–Crippen LogP) is 18.9. The summed E-state index contributed by atoms with van der Waals surface area (Å²) in [7, 11) is 4.36. The minimum absolute atomic E-state index is 1.11. The van der Waals surface area contributed by atoms with E-state index in [1.807, 2.05) is 0 Å². The maximum atomic E-state index is 2.49. The normalized spacial score (nSPS) is 13.6. The quantitative estimate of drug-likeness (QED) is 0.126. The average molecular weight is 923 g/mol. The Kier molecular flexibility index (Phi) is 9.43. The lowest BCUT2D eigenvalue weighted by Crippen LogP contribution is -2.30. The van der Waals surface area contributed by atoms with E-state index in [0.717, 1.165) is 28.4 Å². The fourth-order valence-electron chi connectivity index (χ4n) is 12.3. The molecule has 342 valence electrons. The average Bonchev–Trinajstić information content (AvgIpc) is 3.43. The molecule has 2 aliphatic rings. The van der Waals surface area contributed by atoms with Gasteiger partial charge in [-0.2, -0.15) is 0 Å². The van der Waals surface area contributed by atoms with Gasteiger partial charge < -0.3 is 19.6 Å². The van der Waals surface area contributed by atoms with E-state index in [1.165, 1.54) is 115 Å². The second kappa shape index (κ2) is 16.2. The highest BCUT2D eigenvalue weighted by molar-refractivity contribution is 6.29. The summed E-state index contributed by atoms with van der Waals surface area (Å²) in [5.74, 6) is 0. The van der Waals surface area contributed by atoms with Gasteiger partial charge in [0.25, 0.3) is 0 Å². The maximum absolute atomic E-state index is 2.49. The van der Waals surface area contributed by atoms with Crippen LogP contribution in [0.15, 0.2) is 242 Å². The highest BCUT2D eigenvalue weighted by Gasteiger charge is 2.31. The number of likely N-dealkylation sites (N-methyl/N-ethyl adjacent to an activating group) is 1. The Labute approximate surface area is 419 Å². The van der Waals surface area contributed by atoms with Crippen molar-refractivity contribution in [3.63, 3.8) is 0 Å². The number of rotatable bonds is 5. The molecule has 0 radical (unpaired) electrons. The molecule has 4 heteroatoms. The van der Waals surface area contributed by atoms with Crippen LogP contribution in [0.2, 0.25) is 0 Å². The summed E-state index contributed by atoms with van der Waals surface area (Å²) in [6, 6.07) is 81.6. The van der Waals surface area contributed by atoms with Crippen LogP contribution in [-0.4, -0.2) is 14.1 Å². The van der Waals surface area contributed by atoms with Crippen LogP contribution in [0.25, 0.3) is 86.9 Å². The van der Waals surface area contributed by atoms with Crippen molar-refractivity contribution in [2.75, 3.05) is 33.7 Å². The van der Waals surface area contributed by atoms with E-state index in [0.29, 0.717) is 0 Å². The van der Waals surface area contributed by atoms with Gasteiger partial charge in [-0.1, -0.05) is 152 Å². The Morgan fingerprint density at radius 1 is 0.319 bits per heavy atom. The molecule has 0 bridgehead atoms. The molecule has 12 aromatic carbocycles. The molecule has 12 aromatic rings. The van der Waals surface area contributed by atoms with E-state index in [-0.39, 0.29) is 0 Å². The van der Waals surface area contributed by atoms with Crippen LogP contribution in [0.4, 0.5) is 45.5 Å². The highest BCUT2D eigenvalue weighted by atomic mass is 15.3. The lowest BCUT2D eigenvalue weighted by molar-refractivity contribution is 1.000. The number of hydrogen-bond acceptors (Lipinski definition) is 4. The first-order valence-corrected chi connectivity index (χ1v) is 25.0. The van der Waals surface area contributed by atoms with Crippen molar-refractivity contribution >= 4 is 110 Å². The minimum atomic E-state index is 1.11. The fourth-order valence-corrected chi connectivity index (χ4v) is 12.3. The Bertz CT molecular complexity index is 4260. The van der Waals surface area contributed by atoms with Gasteiger partial charge in [0.15, 0.2) is 0 Å². The molecule has 0 saturated heterocycles. The summed E-state index contributed by atoms with van der Waals surface area (Å²) in [6.45, 7) is 4.36. The van der Waals surface area contributed by atoms with Gasteiger partial charge in [0.1, 0.15) is 0 Å².